The summed E-state index contributed by atoms with van der Waals surface area (Å²) in [4.78, 5) is 12.0. The van der Waals surface area contributed by atoms with Gasteiger partial charge >= 0.3 is 0 Å². The number of nitrogens with zero attached hydrogens (tertiary/aromatic N) is 1. The second-order valence-electron chi connectivity index (χ2n) is 4.98. The molecule has 0 aromatic heterocycles. The van der Waals surface area contributed by atoms with Gasteiger partial charge in [-0.1, -0.05) is 53.0 Å². The van der Waals surface area contributed by atoms with Crippen LogP contribution in [0.25, 0.3) is 0 Å². The summed E-state index contributed by atoms with van der Waals surface area (Å²) < 4.78 is 5.51. The van der Waals surface area contributed by atoms with Gasteiger partial charge < -0.3 is 4.74 Å². The minimum Gasteiger partial charge on any atom is -0.479 e. The van der Waals surface area contributed by atoms with Crippen molar-refractivity contribution in [2.75, 3.05) is 0 Å². The molecule has 0 heterocycles. The Bertz CT molecular complexity index is 732. The van der Waals surface area contributed by atoms with Gasteiger partial charge in [-0.3, -0.25) is 4.79 Å². The number of carbonyl (C=O) groups is 1. The fourth-order valence-electron chi connectivity index (χ4n) is 1.83. The van der Waals surface area contributed by atoms with Crippen molar-refractivity contribution in [1.82, 2.24) is 5.43 Å². The molecule has 1 atom stereocenters. The van der Waals surface area contributed by atoms with E-state index in [-0.39, 0.29) is 5.91 Å². The van der Waals surface area contributed by atoms with E-state index in [0.717, 1.165) is 11.1 Å². The Morgan fingerprint density at radius 3 is 2.74 bits per heavy atom. The van der Waals surface area contributed by atoms with Crippen molar-refractivity contribution in [1.29, 1.82) is 0 Å². The summed E-state index contributed by atoms with van der Waals surface area (Å²) in [7, 11) is 0. The molecule has 23 heavy (non-hydrogen) atoms. The van der Waals surface area contributed by atoms with Crippen LogP contribution in [0.15, 0.2) is 47.6 Å². The van der Waals surface area contributed by atoms with Crippen LogP contribution in [0, 0.1) is 6.92 Å². The van der Waals surface area contributed by atoms with E-state index >= 15 is 0 Å². The summed E-state index contributed by atoms with van der Waals surface area (Å²) >= 11 is 11.8. The number of carbonyl (C=O) groups excluding carboxylic acids is 1. The normalized spacial score (nSPS) is 12.2. The lowest BCUT2D eigenvalue weighted by Gasteiger charge is -2.14. The number of amides is 1. The Morgan fingerprint density at radius 2 is 2.04 bits per heavy atom. The first kappa shape index (κ1) is 17.3. The maximum absolute atomic E-state index is 12.0. The van der Waals surface area contributed by atoms with E-state index in [1.165, 1.54) is 0 Å². The smallest absolute Gasteiger partial charge is 0.280 e. The van der Waals surface area contributed by atoms with Gasteiger partial charge in [0, 0.05) is 5.02 Å². The molecule has 0 aliphatic rings. The summed E-state index contributed by atoms with van der Waals surface area (Å²) in [5.41, 5.74) is 4.46. The third-order valence-electron chi connectivity index (χ3n) is 3.00. The fraction of sp³-hybridized carbons (Fsp3) is 0.176. The van der Waals surface area contributed by atoms with Crippen molar-refractivity contribution in [3.05, 3.63) is 63.6 Å². The topological polar surface area (TPSA) is 50.7 Å². The number of nitrogens with one attached hydrogen (secondary N) is 1. The molecule has 1 amide bonds. The SMILES string of the molecule is Cc1cccc(/C=N/NC(=O)C(C)Oc2ccc(Cl)cc2Cl)c1. The molecule has 0 bridgehead atoms. The Kier molecular flexibility index (Phi) is 6.02. The van der Waals surface area contributed by atoms with Crippen molar-refractivity contribution >= 4 is 35.3 Å². The third kappa shape index (κ3) is 5.27. The van der Waals surface area contributed by atoms with E-state index in [4.69, 9.17) is 27.9 Å². The fourth-order valence-corrected chi connectivity index (χ4v) is 2.28. The predicted octanol–water partition coefficient (Wildman–Crippen LogP) is 4.22. The highest BCUT2D eigenvalue weighted by Crippen LogP contribution is 2.28. The van der Waals surface area contributed by atoms with Crippen LogP contribution in [0.5, 0.6) is 5.75 Å². The number of hydrazone groups is 1. The van der Waals surface area contributed by atoms with Gasteiger partial charge in [0.25, 0.3) is 5.91 Å². The molecule has 0 radical (unpaired) electrons. The average Bonchev–Trinajstić information content (AvgIpc) is 2.50. The molecule has 1 N–H and O–H groups in total. The molecule has 0 saturated carbocycles. The second-order valence-corrected chi connectivity index (χ2v) is 5.83. The molecule has 2 aromatic carbocycles. The van der Waals surface area contributed by atoms with E-state index in [1.54, 1.807) is 31.3 Å². The van der Waals surface area contributed by atoms with Crippen molar-refractivity contribution < 1.29 is 9.53 Å². The molecule has 2 rings (SSSR count). The van der Waals surface area contributed by atoms with Gasteiger partial charge in [0.2, 0.25) is 0 Å². The number of ether oxygens (including phenoxy) is 1. The molecule has 0 fully saturated rings. The van der Waals surface area contributed by atoms with Gasteiger partial charge in [-0.2, -0.15) is 5.10 Å². The zero-order valence-electron chi connectivity index (χ0n) is 12.7. The average molecular weight is 351 g/mol. The van der Waals surface area contributed by atoms with E-state index in [9.17, 15) is 4.79 Å². The van der Waals surface area contributed by atoms with Gasteiger partial charge in [-0.25, -0.2) is 5.43 Å². The summed E-state index contributed by atoms with van der Waals surface area (Å²) in [5, 5.41) is 4.77. The van der Waals surface area contributed by atoms with Gasteiger partial charge in [0.05, 0.1) is 11.2 Å². The van der Waals surface area contributed by atoms with Crippen LogP contribution in [0.3, 0.4) is 0 Å². The summed E-state index contributed by atoms with van der Waals surface area (Å²) in [6.07, 6.45) is 0.829. The van der Waals surface area contributed by atoms with Crippen LogP contribution in [-0.4, -0.2) is 18.2 Å². The molecule has 0 spiro atoms. The summed E-state index contributed by atoms with van der Waals surface area (Å²) in [6, 6.07) is 12.6. The second kappa shape index (κ2) is 7.99. The first-order chi connectivity index (χ1) is 11.0. The zero-order valence-corrected chi connectivity index (χ0v) is 14.2. The molecule has 0 aliphatic heterocycles. The minimum atomic E-state index is -0.747. The van der Waals surface area contributed by atoms with Crippen LogP contribution in [0.1, 0.15) is 18.1 Å². The Hall–Kier alpha value is -2.04. The highest BCUT2D eigenvalue weighted by molar-refractivity contribution is 6.35. The number of hydrogen-bond acceptors (Lipinski definition) is 3. The predicted molar refractivity (Wildman–Crippen MR) is 93.5 cm³/mol. The van der Waals surface area contributed by atoms with E-state index in [2.05, 4.69) is 10.5 Å². The third-order valence-corrected chi connectivity index (χ3v) is 3.53. The molecule has 4 nitrogen and oxygen atoms in total. The van der Waals surface area contributed by atoms with Crippen molar-refractivity contribution in [3.63, 3.8) is 0 Å². The summed E-state index contributed by atoms with van der Waals surface area (Å²) in [6.45, 7) is 3.60. The first-order valence-electron chi connectivity index (χ1n) is 6.97. The highest BCUT2D eigenvalue weighted by Gasteiger charge is 2.15. The lowest BCUT2D eigenvalue weighted by molar-refractivity contribution is -0.127. The molecule has 0 aliphatic carbocycles. The van der Waals surface area contributed by atoms with Crippen LogP contribution < -0.4 is 10.2 Å². The molecule has 120 valence electrons. The summed E-state index contributed by atoms with van der Waals surface area (Å²) in [5.74, 6) is 0.0151. The Labute approximate surface area is 145 Å². The van der Waals surface area contributed by atoms with E-state index in [1.807, 2.05) is 31.2 Å². The van der Waals surface area contributed by atoms with Gasteiger partial charge in [0.15, 0.2) is 6.10 Å². The van der Waals surface area contributed by atoms with Gasteiger partial charge in [-0.15, -0.1) is 0 Å². The minimum absolute atomic E-state index is 0.348. The zero-order chi connectivity index (χ0) is 16.8. The van der Waals surface area contributed by atoms with Crippen molar-refractivity contribution in [2.24, 2.45) is 5.10 Å². The standard InChI is InChI=1S/C17H16Cl2N2O2/c1-11-4-3-5-13(8-11)10-20-21-17(22)12(2)23-16-7-6-14(18)9-15(16)19/h3-10,12H,1-2H3,(H,21,22)/b20-10+. The number of halogens is 2. The first-order valence-corrected chi connectivity index (χ1v) is 7.72. The number of benzene rings is 2. The van der Waals surface area contributed by atoms with Crippen LogP contribution >= 0.6 is 23.2 Å². The molecular weight excluding hydrogens is 335 g/mol. The number of hydrogen-bond donors (Lipinski definition) is 1. The molecular formula is C17H16Cl2N2O2. The van der Waals surface area contributed by atoms with Gasteiger partial charge in [-0.05, 0) is 37.6 Å². The Morgan fingerprint density at radius 1 is 1.26 bits per heavy atom. The van der Waals surface area contributed by atoms with Crippen LogP contribution in [0.2, 0.25) is 10.0 Å². The Balaban J connectivity index is 1.92. The van der Waals surface area contributed by atoms with Crippen LogP contribution in [0.4, 0.5) is 0 Å². The highest BCUT2D eigenvalue weighted by atomic mass is 35.5. The lowest BCUT2D eigenvalue weighted by Crippen LogP contribution is -2.33. The number of aryl methyl sites for hydroxylation is 1. The molecule has 2 aromatic rings. The molecule has 0 saturated heterocycles. The van der Waals surface area contributed by atoms with Crippen LogP contribution in [-0.2, 0) is 4.79 Å². The van der Waals surface area contributed by atoms with Gasteiger partial charge in [0.1, 0.15) is 5.75 Å². The number of rotatable bonds is 5. The largest absolute Gasteiger partial charge is 0.479 e. The maximum Gasteiger partial charge on any atom is 0.280 e. The van der Waals surface area contributed by atoms with Crippen molar-refractivity contribution in [3.8, 4) is 5.75 Å². The maximum atomic E-state index is 12.0. The van der Waals surface area contributed by atoms with E-state index < -0.39 is 6.10 Å². The quantitative estimate of drug-likeness (QED) is 0.648. The molecule has 1 unspecified atom stereocenters. The lowest BCUT2D eigenvalue weighted by atomic mass is 10.2. The molecule has 6 heteroatoms. The van der Waals surface area contributed by atoms with Crippen molar-refractivity contribution in [2.45, 2.75) is 20.0 Å². The monoisotopic (exact) mass is 350 g/mol. The van der Waals surface area contributed by atoms with E-state index in [0.29, 0.717) is 15.8 Å².